The number of alkyl carbamates (subject to hydrolysis) is 1. The molecule has 0 spiro atoms. The number of ether oxygens (including phenoxy) is 2. The van der Waals surface area contributed by atoms with Crippen molar-refractivity contribution in [2.24, 2.45) is 17.8 Å². The average molecular weight is 375 g/mol. The van der Waals surface area contributed by atoms with Crippen LogP contribution in [0, 0.1) is 17.8 Å². The number of hydrogen-bond acceptors (Lipinski definition) is 5. The van der Waals surface area contributed by atoms with Gasteiger partial charge >= 0.3 is 18.0 Å². The Morgan fingerprint density at radius 3 is 2.00 bits per heavy atom. The van der Waals surface area contributed by atoms with Gasteiger partial charge in [0.2, 0.25) is 6.29 Å². The van der Waals surface area contributed by atoms with Crippen LogP contribution in [0.5, 0.6) is 0 Å². The van der Waals surface area contributed by atoms with E-state index in [-0.39, 0.29) is 68.0 Å². The van der Waals surface area contributed by atoms with E-state index in [0.29, 0.717) is 12.3 Å². The Balaban J connectivity index is -0.00000220. The maximum absolute atomic E-state index is 11.6. The number of carboxylic acid groups (broad SMARTS) is 1. The Morgan fingerprint density at radius 2 is 1.58 bits per heavy atom. The third-order valence-electron chi connectivity index (χ3n) is 2.83. The first-order valence-corrected chi connectivity index (χ1v) is 7.48. The van der Waals surface area contributed by atoms with Gasteiger partial charge in [-0.1, -0.05) is 27.7 Å². The summed E-state index contributed by atoms with van der Waals surface area (Å²) in [6, 6.07) is 0. The predicted molar refractivity (Wildman–Crippen MR) is 89.4 cm³/mol. The van der Waals surface area contributed by atoms with E-state index in [4.69, 9.17) is 14.6 Å². The number of esters is 1. The van der Waals surface area contributed by atoms with Crippen LogP contribution in [0.2, 0.25) is 0 Å². The van der Waals surface area contributed by atoms with Gasteiger partial charge in [-0.3, -0.25) is 9.59 Å². The largest absolute Gasteiger partial charge is 0.481 e. The molecule has 1 amide bonds. The standard InChI is InChI=1S/C15H27NO6.Ca.H2O/c1-9(2)6-12(7-13(17)18)8-16-15(20)22-11(5)21-14(19)10(3)4;;/h9-12H,6-8H2,1-5H3,(H,16,20)(H,17,18);;1H2/t11-,12+;;/m1../s1. The Morgan fingerprint density at radius 1 is 1.04 bits per heavy atom. The van der Waals surface area contributed by atoms with Gasteiger partial charge in [-0.15, -0.1) is 0 Å². The number of aliphatic carboxylic acids is 1. The van der Waals surface area contributed by atoms with Crippen molar-refractivity contribution in [2.45, 2.75) is 53.8 Å². The molecule has 24 heavy (non-hydrogen) atoms. The third-order valence-corrected chi connectivity index (χ3v) is 2.83. The van der Waals surface area contributed by atoms with Gasteiger partial charge in [0.15, 0.2) is 0 Å². The fourth-order valence-corrected chi connectivity index (χ4v) is 1.90. The second-order valence-corrected chi connectivity index (χ2v) is 6.04. The molecule has 138 valence electrons. The summed E-state index contributed by atoms with van der Waals surface area (Å²) in [5.74, 6) is -1.50. The minimum atomic E-state index is -0.988. The van der Waals surface area contributed by atoms with E-state index in [1.54, 1.807) is 13.8 Å². The van der Waals surface area contributed by atoms with Crippen molar-refractivity contribution < 1.29 is 34.4 Å². The first kappa shape index (κ1) is 28.2. The molecule has 0 aromatic carbocycles. The van der Waals surface area contributed by atoms with Crippen LogP contribution in [-0.4, -0.2) is 79.2 Å². The maximum atomic E-state index is 11.6. The van der Waals surface area contributed by atoms with E-state index in [1.807, 2.05) is 13.8 Å². The summed E-state index contributed by atoms with van der Waals surface area (Å²) in [6.07, 6.45) is -1.05. The average Bonchev–Trinajstić information content (AvgIpc) is 2.34. The number of hydrogen-bond donors (Lipinski definition) is 2. The summed E-state index contributed by atoms with van der Waals surface area (Å²) < 4.78 is 9.79. The van der Waals surface area contributed by atoms with Crippen LogP contribution < -0.4 is 5.32 Å². The molecule has 2 atom stereocenters. The number of rotatable bonds is 9. The topological polar surface area (TPSA) is 133 Å². The molecule has 0 aromatic heterocycles. The van der Waals surface area contributed by atoms with Crippen LogP contribution in [0.15, 0.2) is 0 Å². The molecule has 9 heteroatoms. The van der Waals surface area contributed by atoms with Crippen molar-refractivity contribution in [3.8, 4) is 0 Å². The van der Waals surface area contributed by atoms with E-state index in [0.717, 1.165) is 0 Å². The summed E-state index contributed by atoms with van der Waals surface area (Å²) in [7, 11) is 0. The van der Waals surface area contributed by atoms with Gasteiger partial charge in [-0.25, -0.2) is 4.79 Å². The van der Waals surface area contributed by atoms with Crippen molar-refractivity contribution in [3.05, 3.63) is 0 Å². The summed E-state index contributed by atoms with van der Waals surface area (Å²) >= 11 is 0. The van der Waals surface area contributed by atoms with Crippen molar-refractivity contribution in [1.82, 2.24) is 5.32 Å². The van der Waals surface area contributed by atoms with E-state index in [9.17, 15) is 14.4 Å². The van der Waals surface area contributed by atoms with E-state index < -0.39 is 24.3 Å². The second-order valence-electron chi connectivity index (χ2n) is 6.04. The van der Waals surface area contributed by atoms with Crippen LogP contribution in [-0.2, 0) is 19.1 Å². The molecular weight excluding hydrogens is 346 g/mol. The maximum Gasteiger partial charge on any atom is 0.410 e. The molecule has 4 N–H and O–H groups in total. The van der Waals surface area contributed by atoms with Crippen molar-refractivity contribution in [2.75, 3.05) is 6.54 Å². The molecule has 0 fully saturated rings. The van der Waals surface area contributed by atoms with Gasteiger partial charge in [0.25, 0.3) is 0 Å². The smallest absolute Gasteiger partial charge is 0.410 e. The zero-order valence-corrected chi connectivity index (χ0v) is 17.3. The van der Waals surface area contributed by atoms with Gasteiger partial charge < -0.3 is 25.4 Å². The molecule has 0 aliphatic heterocycles. The summed E-state index contributed by atoms with van der Waals surface area (Å²) in [5, 5.41) is 11.4. The van der Waals surface area contributed by atoms with Crippen molar-refractivity contribution in [1.29, 1.82) is 0 Å². The van der Waals surface area contributed by atoms with E-state index >= 15 is 0 Å². The van der Waals surface area contributed by atoms with Crippen LogP contribution in [0.1, 0.15) is 47.5 Å². The van der Waals surface area contributed by atoms with Gasteiger partial charge in [0.1, 0.15) is 0 Å². The van der Waals surface area contributed by atoms with Crippen molar-refractivity contribution in [3.63, 3.8) is 0 Å². The van der Waals surface area contributed by atoms with Gasteiger partial charge in [0.05, 0.1) is 5.92 Å². The predicted octanol–water partition coefficient (Wildman–Crippen LogP) is 1.19. The van der Waals surface area contributed by atoms with Gasteiger partial charge in [-0.2, -0.15) is 0 Å². The van der Waals surface area contributed by atoms with Crippen LogP contribution in [0.4, 0.5) is 4.79 Å². The van der Waals surface area contributed by atoms with E-state index in [2.05, 4.69) is 5.32 Å². The Bertz CT molecular complexity index is 388. The fraction of sp³-hybridized carbons (Fsp3) is 0.800. The molecule has 0 saturated carbocycles. The first-order valence-electron chi connectivity index (χ1n) is 7.48. The monoisotopic (exact) mass is 375 g/mol. The van der Waals surface area contributed by atoms with E-state index in [1.165, 1.54) is 6.92 Å². The fourth-order valence-electron chi connectivity index (χ4n) is 1.90. The Kier molecular flexibility index (Phi) is 17.4. The van der Waals surface area contributed by atoms with Gasteiger partial charge in [0, 0.05) is 57.6 Å². The number of carbonyl (C=O) groups excluding carboxylic acids is 2. The molecule has 0 saturated heterocycles. The molecule has 0 aliphatic rings. The molecule has 0 bridgehead atoms. The zero-order valence-electron chi connectivity index (χ0n) is 15.1. The quantitative estimate of drug-likeness (QED) is 0.353. The summed E-state index contributed by atoms with van der Waals surface area (Å²) in [4.78, 5) is 33.8. The number of amides is 1. The molecular formula is C15H29CaNO7. The minimum absolute atomic E-state index is 0. The van der Waals surface area contributed by atoms with Crippen LogP contribution >= 0.6 is 0 Å². The molecule has 0 heterocycles. The van der Waals surface area contributed by atoms with Crippen molar-refractivity contribution >= 4 is 55.8 Å². The SMILES string of the molecule is CC(C)C[C@H](CNC(=O)O[C@H](C)OC(=O)C(C)C)CC(=O)O.O.[Ca]. The number of nitrogens with one attached hydrogen (secondary N) is 1. The molecule has 2 radical (unpaired) electrons. The molecule has 0 rings (SSSR count). The number of carboxylic acids is 1. The third kappa shape index (κ3) is 15.0. The van der Waals surface area contributed by atoms with Crippen LogP contribution in [0.25, 0.3) is 0 Å². The second kappa shape index (κ2) is 14.7. The van der Waals surface area contributed by atoms with Crippen LogP contribution in [0.3, 0.4) is 0 Å². The normalized spacial score (nSPS) is 12.5. The number of carbonyl (C=O) groups is 3. The first-order chi connectivity index (χ1) is 10.1. The zero-order chi connectivity index (χ0) is 17.3. The van der Waals surface area contributed by atoms with Gasteiger partial charge in [-0.05, 0) is 18.3 Å². The summed E-state index contributed by atoms with van der Waals surface area (Å²) in [5.41, 5.74) is 0. The molecule has 8 nitrogen and oxygen atoms in total. The summed E-state index contributed by atoms with van der Waals surface area (Å²) in [6.45, 7) is 8.98. The minimum Gasteiger partial charge on any atom is -0.481 e. The molecule has 0 aliphatic carbocycles. The Labute approximate surface area is 173 Å². The Hall–Kier alpha value is -0.570. The molecule has 0 unspecified atom stereocenters. The molecule has 0 aromatic rings.